The van der Waals surface area contributed by atoms with Gasteiger partial charge < -0.3 is 15.4 Å². The van der Waals surface area contributed by atoms with Crippen LogP contribution in [0.4, 0.5) is 0 Å². The molecule has 1 aromatic heterocycles. The van der Waals surface area contributed by atoms with Crippen LogP contribution in [0.5, 0.6) is 0 Å². The zero-order chi connectivity index (χ0) is 18.1. The molecule has 0 aromatic carbocycles. The lowest BCUT2D eigenvalue weighted by atomic mass is 10.0. The van der Waals surface area contributed by atoms with Gasteiger partial charge in [0.1, 0.15) is 0 Å². The van der Waals surface area contributed by atoms with Crippen molar-refractivity contribution >= 4 is 5.96 Å². The predicted octanol–water partition coefficient (Wildman–Crippen LogP) is 0.875. The number of nitrogens with one attached hydrogen (secondary N) is 2. The maximum atomic E-state index is 5.48. The van der Waals surface area contributed by atoms with Crippen molar-refractivity contribution in [2.45, 2.75) is 33.2 Å². The van der Waals surface area contributed by atoms with Crippen LogP contribution in [-0.4, -0.2) is 72.6 Å². The first-order chi connectivity index (χ1) is 12.1. The molecule has 0 bridgehead atoms. The maximum absolute atomic E-state index is 5.48. The molecule has 1 atom stereocenters. The fourth-order valence-corrected chi connectivity index (χ4v) is 3.11. The minimum absolute atomic E-state index is 0.456. The third kappa shape index (κ3) is 6.66. The van der Waals surface area contributed by atoms with Crippen molar-refractivity contribution in [3.63, 3.8) is 0 Å². The minimum atomic E-state index is 0.456. The summed E-state index contributed by atoms with van der Waals surface area (Å²) in [6.45, 7) is 12.8. The molecule has 1 fully saturated rings. The van der Waals surface area contributed by atoms with E-state index in [9.17, 15) is 0 Å². The summed E-state index contributed by atoms with van der Waals surface area (Å²) in [6.07, 6.45) is 4.91. The average molecular weight is 351 g/mol. The first kappa shape index (κ1) is 19.7. The standard InChI is InChI=1S/C18H34N6O/c1-5-19-18(20-7-6-16-12-22-23(4)14-16)21-13-17(15(2)3)24-8-10-25-11-9-24/h12,14-15,17H,5-11,13H2,1-4H3,(H2,19,20,21). The van der Waals surface area contributed by atoms with E-state index in [1.165, 1.54) is 5.56 Å². The summed E-state index contributed by atoms with van der Waals surface area (Å²) in [4.78, 5) is 7.35. The van der Waals surface area contributed by atoms with Gasteiger partial charge in [-0.1, -0.05) is 13.8 Å². The molecule has 2 heterocycles. The van der Waals surface area contributed by atoms with Crippen molar-refractivity contribution in [1.29, 1.82) is 0 Å². The van der Waals surface area contributed by atoms with E-state index in [0.29, 0.717) is 12.0 Å². The fourth-order valence-electron chi connectivity index (χ4n) is 3.11. The van der Waals surface area contributed by atoms with E-state index in [1.807, 2.05) is 17.9 Å². The van der Waals surface area contributed by atoms with E-state index in [0.717, 1.165) is 58.3 Å². The van der Waals surface area contributed by atoms with Crippen LogP contribution in [0.2, 0.25) is 0 Å². The van der Waals surface area contributed by atoms with Crippen molar-refractivity contribution in [3.05, 3.63) is 18.0 Å². The third-order valence-electron chi connectivity index (χ3n) is 4.53. The number of aryl methyl sites for hydroxylation is 1. The highest BCUT2D eigenvalue weighted by Crippen LogP contribution is 2.13. The first-order valence-electron chi connectivity index (χ1n) is 9.41. The first-order valence-corrected chi connectivity index (χ1v) is 9.41. The monoisotopic (exact) mass is 350 g/mol. The number of guanidine groups is 1. The molecular formula is C18H34N6O. The Morgan fingerprint density at radius 2 is 2.08 bits per heavy atom. The molecular weight excluding hydrogens is 316 g/mol. The largest absolute Gasteiger partial charge is 0.379 e. The van der Waals surface area contributed by atoms with Crippen LogP contribution >= 0.6 is 0 Å². The number of ether oxygens (including phenoxy) is 1. The predicted molar refractivity (Wildman–Crippen MR) is 102 cm³/mol. The molecule has 1 unspecified atom stereocenters. The van der Waals surface area contributed by atoms with Crippen LogP contribution < -0.4 is 10.6 Å². The Morgan fingerprint density at radius 1 is 1.32 bits per heavy atom. The second-order valence-corrected chi connectivity index (χ2v) is 6.88. The van der Waals surface area contributed by atoms with Gasteiger partial charge in [0, 0.05) is 45.5 Å². The van der Waals surface area contributed by atoms with Crippen LogP contribution in [-0.2, 0) is 18.2 Å². The molecule has 0 aliphatic carbocycles. The van der Waals surface area contributed by atoms with E-state index in [2.05, 4.69) is 47.6 Å². The summed E-state index contributed by atoms with van der Waals surface area (Å²) in [7, 11) is 1.94. The number of aromatic nitrogens is 2. The minimum Gasteiger partial charge on any atom is -0.379 e. The Hall–Kier alpha value is -1.60. The summed E-state index contributed by atoms with van der Waals surface area (Å²) in [5, 5.41) is 11.0. The van der Waals surface area contributed by atoms with Gasteiger partial charge in [0.25, 0.3) is 0 Å². The number of morpholine rings is 1. The van der Waals surface area contributed by atoms with Gasteiger partial charge in [-0.25, -0.2) is 0 Å². The summed E-state index contributed by atoms with van der Waals surface area (Å²) in [5.74, 6) is 1.46. The van der Waals surface area contributed by atoms with E-state index in [1.54, 1.807) is 0 Å². The van der Waals surface area contributed by atoms with Crippen molar-refractivity contribution in [2.24, 2.45) is 18.0 Å². The maximum Gasteiger partial charge on any atom is 0.191 e. The molecule has 2 rings (SSSR count). The molecule has 1 aliphatic rings. The fraction of sp³-hybridized carbons (Fsp3) is 0.778. The van der Waals surface area contributed by atoms with Crippen molar-refractivity contribution in [3.8, 4) is 0 Å². The van der Waals surface area contributed by atoms with Gasteiger partial charge in [-0.05, 0) is 24.8 Å². The molecule has 7 nitrogen and oxygen atoms in total. The van der Waals surface area contributed by atoms with Gasteiger partial charge in [0.05, 0.1) is 26.0 Å². The topological polar surface area (TPSA) is 66.7 Å². The molecule has 0 spiro atoms. The quantitative estimate of drug-likeness (QED) is 0.538. The molecule has 0 saturated carbocycles. The van der Waals surface area contributed by atoms with E-state index in [4.69, 9.17) is 9.73 Å². The lowest BCUT2D eigenvalue weighted by molar-refractivity contribution is 0.00867. The highest BCUT2D eigenvalue weighted by molar-refractivity contribution is 5.79. The molecule has 2 N–H and O–H groups in total. The number of nitrogens with zero attached hydrogens (tertiary/aromatic N) is 4. The van der Waals surface area contributed by atoms with Gasteiger partial charge in [-0.2, -0.15) is 5.10 Å². The second kappa shape index (κ2) is 10.4. The molecule has 7 heteroatoms. The van der Waals surface area contributed by atoms with Crippen molar-refractivity contribution < 1.29 is 4.74 Å². The molecule has 1 aromatic rings. The lowest BCUT2D eigenvalue weighted by Gasteiger charge is -2.36. The number of hydrogen-bond donors (Lipinski definition) is 2. The molecule has 0 amide bonds. The Kier molecular flexibility index (Phi) is 8.21. The van der Waals surface area contributed by atoms with Crippen LogP contribution in [0.1, 0.15) is 26.3 Å². The number of aliphatic imine (C=N–C) groups is 1. The Balaban J connectivity index is 1.87. The van der Waals surface area contributed by atoms with E-state index >= 15 is 0 Å². The molecule has 25 heavy (non-hydrogen) atoms. The Bertz CT molecular complexity index is 521. The van der Waals surface area contributed by atoms with Crippen LogP contribution in [0.25, 0.3) is 0 Å². The average Bonchev–Trinajstić information content (AvgIpc) is 3.01. The van der Waals surface area contributed by atoms with Crippen LogP contribution in [0.15, 0.2) is 17.4 Å². The third-order valence-corrected chi connectivity index (χ3v) is 4.53. The zero-order valence-electron chi connectivity index (χ0n) is 16.2. The molecule has 0 radical (unpaired) electrons. The van der Waals surface area contributed by atoms with E-state index < -0.39 is 0 Å². The normalized spacial score (nSPS) is 17.7. The Labute approximate surface area is 151 Å². The van der Waals surface area contributed by atoms with Gasteiger partial charge in [-0.15, -0.1) is 0 Å². The lowest BCUT2D eigenvalue weighted by Crippen LogP contribution is -2.48. The highest BCUT2D eigenvalue weighted by atomic mass is 16.5. The van der Waals surface area contributed by atoms with Crippen molar-refractivity contribution in [1.82, 2.24) is 25.3 Å². The summed E-state index contributed by atoms with van der Waals surface area (Å²) in [6, 6.07) is 0.456. The zero-order valence-corrected chi connectivity index (χ0v) is 16.2. The number of rotatable bonds is 8. The molecule has 1 saturated heterocycles. The molecule has 1 aliphatic heterocycles. The van der Waals surface area contributed by atoms with Gasteiger partial charge in [0.2, 0.25) is 0 Å². The second-order valence-electron chi connectivity index (χ2n) is 6.88. The summed E-state index contributed by atoms with van der Waals surface area (Å²) >= 11 is 0. The number of hydrogen-bond acceptors (Lipinski definition) is 4. The summed E-state index contributed by atoms with van der Waals surface area (Å²) in [5.41, 5.74) is 1.24. The highest BCUT2D eigenvalue weighted by Gasteiger charge is 2.23. The Morgan fingerprint density at radius 3 is 2.68 bits per heavy atom. The van der Waals surface area contributed by atoms with Gasteiger partial charge in [0.15, 0.2) is 5.96 Å². The molecule has 142 valence electrons. The SMILES string of the molecule is CCNC(=NCC(C(C)C)N1CCOCC1)NCCc1cnn(C)c1. The van der Waals surface area contributed by atoms with E-state index in [-0.39, 0.29) is 0 Å². The van der Waals surface area contributed by atoms with Crippen molar-refractivity contribution in [2.75, 3.05) is 45.9 Å². The van der Waals surface area contributed by atoms with Gasteiger partial charge in [-0.3, -0.25) is 14.6 Å². The summed E-state index contributed by atoms with van der Waals surface area (Å²) < 4.78 is 7.32. The van der Waals surface area contributed by atoms with Gasteiger partial charge >= 0.3 is 0 Å². The van der Waals surface area contributed by atoms with Crippen LogP contribution in [0, 0.1) is 5.92 Å². The van der Waals surface area contributed by atoms with Crippen LogP contribution in [0.3, 0.4) is 0 Å². The smallest absolute Gasteiger partial charge is 0.191 e.